The van der Waals surface area contributed by atoms with E-state index >= 15 is 0 Å². The second-order valence-electron chi connectivity index (χ2n) is 8.13. The molecule has 0 N–H and O–H groups in total. The summed E-state index contributed by atoms with van der Waals surface area (Å²) in [5.74, 6) is 0.890. The van der Waals surface area contributed by atoms with Crippen LogP contribution >= 0.6 is 0 Å². The number of nitrogens with zero attached hydrogens (tertiary/aromatic N) is 1. The Morgan fingerprint density at radius 2 is 1.59 bits per heavy atom. The average molecular weight is 412 g/mol. The van der Waals surface area contributed by atoms with E-state index in [-0.39, 0.29) is 10.7 Å². The summed E-state index contributed by atoms with van der Waals surface area (Å²) in [7, 11) is -3.49. The van der Waals surface area contributed by atoms with Gasteiger partial charge in [-0.05, 0) is 66.1 Å². The smallest absolute Gasteiger partial charge is 0.243 e. The van der Waals surface area contributed by atoms with E-state index in [0.29, 0.717) is 30.5 Å². The maximum Gasteiger partial charge on any atom is 0.243 e. The molecule has 0 aromatic heterocycles. The van der Waals surface area contributed by atoms with E-state index in [9.17, 15) is 13.2 Å². The van der Waals surface area contributed by atoms with Crippen molar-refractivity contribution in [2.24, 2.45) is 5.92 Å². The number of rotatable bonds is 6. The molecule has 5 heteroatoms. The molecule has 0 bridgehead atoms. The van der Waals surface area contributed by atoms with Crippen LogP contribution in [0.15, 0.2) is 59.5 Å². The molecule has 0 unspecified atom stereocenters. The molecule has 1 saturated heterocycles. The lowest BCUT2D eigenvalue weighted by Crippen LogP contribution is -2.37. The monoisotopic (exact) mass is 411 g/mol. The molecule has 1 heterocycles. The number of sulfonamides is 1. The van der Waals surface area contributed by atoms with Gasteiger partial charge >= 0.3 is 0 Å². The molecule has 154 valence electrons. The van der Waals surface area contributed by atoms with Crippen molar-refractivity contribution in [1.29, 1.82) is 0 Å². The van der Waals surface area contributed by atoms with Gasteiger partial charge in [-0.2, -0.15) is 4.31 Å². The van der Waals surface area contributed by atoms with Crippen LogP contribution in [0.2, 0.25) is 0 Å². The van der Waals surface area contributed by atoms with E-state index < -0.39 is 10.0 Å². The highest BCUT2D eigenvalue weighted by Crippen LogP contribution is 2.24. The quantitative estimate of drug-likeness (QED) is 0.489. The summed E-state index contributed by atoms with van der Waals surface area (Å²) in [6, 6.07) is 14.4. The minimum Gasteiger partial charge on any atom is -0.289 e. The fourth-order valence-corrected chi connectivity index (χ4v) is 4.90. The predicted octanol–water partition coefficient (Wildman–Crippen LogP) is 5.13. The summed E-state index contributed by atoms with van der Waals surface area (Å²) >= 11 is 0. The average Bonchev–Trinajstić information content (AvgIpc) is 2.72. The second kappa shape index (κ2) is 9.06. The maximum atomic E-state index is 12.8. The van der Waals surface area contributed by atoms with E-state index in [4.69, 9.17) is 0 Å². The molecule has 3 rings (SSSR count). The summed E-state index contributed by atoms with van der Waals surface area (Å²) in [4.78, 5) is 12.7. The van der Waals surface area contributed by atoms with Crippen molar-refractivity contribution in [1.82, 2.24) is 4.31 Å². The van der Waals surface area contributed by atoms with Gasteiger partial charge in [0, 0.05) is 18.7 Å². The summed E-state index contributed by atoms with van der Waals surface area (Å²) < 4.78 is 27.1. The van der Waals surface area contributed by atoms with Crippen LogP contribution in [0, 0.1) is 5.92 Å². The first-order chi connectivity index (χ1) is 13.8. The van der Waals surface area contributed by atoms with Gasteiger partial charge in [0.2, 0.25) is 10.0 Å². The largest absolute Gasteiger partial charge is 0.289 e. The lowest BCUT2D eigenvalue weighted by Gasteiger charge is -2.29. The Morgan fingerprint density at radius 1 is 1.00 bits per heavy atom. The van der Waals surface area contributed by atoms with Gasteiger partial charge in [0.15, 0.2) is 5.78 Å². The van der Waals surface area contributed by atoms with Gasteiger partial charge in [0.1, 0.15) is 0 Å². The first-order valence-electron chi connectivity index (χ1n) is 10.2. The van der Waals surface area contributed by atoms with E-state index in [2.05, 4.69) is 32.9 Å². The van der Waals surface area contributed by atoms with Gasteiger partial charge in [0.25, 0.3) is 0 Å². The van der Waals surface area contributed by atoms with Crippen LogP contribution in [0.4, 0.5) is 0 Å². The van der Waals surface area contributed by atoms with Crippen LogP contribution in [0.3, 0.4) is 0 Å². The second-order valence-corrected chi connectivity index (χ2v) is 10.1. The van der Waals surface area contributed by atoms with Gasteiger partial charge in [-0.15, -0.1) is 0 Å². The fourth-order valence-electron chi connectivity index (χ4n) is 3.43. The maximum absolute atomic E-state index is 12.8. The fraction of sp³-hybridized carbons (Fsp3) is 0.375. The van der Waals surface area contributed by atoms with Crippen molar-refractivity contribution in [3.8, 4) is 0 Å². The number of ketones is 1. The van der Waals surface area contributed by atoms with E-state index in [1.807, 2.05) is 12.1 Å². The van der Waals surface area contributed by atoms with Gasteiger partial charge in [-0.25, -0.2) is 8.42 Å². The third-order valence-corrected chi connectivity index (χ3v) is 7.46. The number of carbonyl (C=O) groups excluding carboxylic acids is 1. The third-order valence-electron chi connectivity index (χ3n) is 5.55. The number of carbonyl (C=O) groups is 1. The zero-order valence-electron chi connectivity index (χ0n) is 17.3. The number of allylic oxidation sites excluding steroid dienone is 1. The van der Waals surface area contributed by atoms with Crippen LogP contribution in [-0.2, 0) is 10.0 Å². The molecule has 29 heavy (non-hydrogen) atoms. The summed E-state index contributed by atoms with van der Waals surface area (Å²) in [5.41, 5.74) is 2.70. The van der Waals surface area contributed by atoms with Crippen molar-refractivity contribution >= 4 is 21.9 Å². The molecule has 1 aliphatic heterocycles. The van der Waals surface area contributed by atoms with Crippen molar-refractivity contribution in [3.63, 3.8) is 0 Å². The van der Waals surface area contributed by atoms with Crippen LogP contribution in [0.1, 0.15) is 61.0 Å². The molecular formula is C24H29NO3S. The first-order valence-corrected chi connectivity index (χ1v) is 11.6. The Morgan fingerprint density at radius 3 is 2.14 bits per heavy atom. The van der Waals surface area contributed by atoms with Gasteiger partial charge in [-0.3, -0.25) is 4.79 Å². The zero-order valence-corrected chi connectivity index (χ0v) is 18.2. The first kappa shape index (κ1) is 21.5. The molecule has 0 saturated carbocycles. The van der Waals surface area contributed by atoms with E-state index in [1.54, 1.807) is 22.5 Å². The van der Waals surface area contributed by atoms with Crippen LogP contribution in [0.25, 0.3) is 6.08 Å². The molecule has 2 aromatic carbocycles. The molecular weight excluding hydrogens is 382 g/mol. The molecule has 0 radical (unpaired) electrons. The van der Waals surface area contributed by atoms with Crippen molar-refractivity contribution in [2.75, 3.05) is 13.1 Å². The van der Waals surface area contributed by atoms with Crippen LogP contribution < -0.4 is 0 Å². The SMILES string of the molecule is CC1CCN(S(=O)(=O)c2ccc(C(=O)/C=C/c3ccc(C(C)C)cc3)cc2)CC1. The summed E-state index contributed by atoms with van der Waals surface area (Å²) in [6.07, 6.45) is 5.09. The number of hydrogen-bond donors (Lipinski definition) is 0. The van der Waals surface area contributed by atoms with Crippen LogP contribution in [-0.4, -0.2) is 31.6 Å². The van der Waals surface area contributed by atoms with Crippen LogP contribution in [0.5, 0.6) is 0 Å². The molecule has 0 spiro atoms. The highest BCUT2D eigenvalue weighted by molar-refractivity contribution is 7.89. The Kier molecular flexibility index (Phi) is 6.70. The highest BCUT2D eigenvalue weighted by atomic mass is 32.2. The minimum absolute atomic E-state index is 0.145. The van der Waals surface area contributed by atoms with E-state index in [0.717, 1.165) is 18.4 Å². The lowest BCUT2D eigenvalue weighted by molar-refractivity contribution is 0.104. The molecule has 0 aliphatic carbocycles. The van der Waals surface area contributed by atoms with Crippen molar-refractivity contribution < 1.29 is 13.2 Å². The number of hydrogen-bond acceptors (Lipinski definition) is 3. The van der Waals surface area contributed by atoms with Gasteiger partial charge in [0.05, 0.1) is 4.90 Å². The Bertz CT molecular complexity index is 966. The summed E-state index contributed by atoms with van der Waals surface area (Å²) in [5, 5.41) is 0. The Hall–Kier alpha value is -2.24. The Balaban J connectivity index is 1.68. The molecule has 0 atom stereocenters. The number of piperidine rings is 1. The van der Waals surface area contributed by atoms with Crippen molar-refractivity contribution in [2.45, 2.75) is 44.4 Å². The minimum atomic E-state index is -3.49. The lowest BCUT2D eigenvalue weighted by atomic mass is 10.0. The molecule has 1 aliphatic rings. The van der Waals surface area contributed by atoms with Gasteiger partial charge in [-0.1, -0.05) is 51.1 Å². The van der Waals surface area contributed by atoms with E-state index in [1.165, 1.54) is 23.8 Å². The predicted molar refractivity (Wildman–Crippen MR) is 117 cm³/mol. The zero-order chi connectivity index (χ0) is 21.0. The molecule has 4 nitrogen and oxygen atoms in total. The third kappa shape index (κ3) is 5.22. The molecule has 1 fully saturated rings. The molecule has 0 amide bonds. The van der Waals surface area contributed by atoms with Gasteiger partial charge < -0.3 is 0 Å². The summed E-state index contributed by atoms with van der Waals surface area (Å²) in [6.45, 7) is 7.55. The highest BCUT2D eigenvalue weighted by Gasteiger charge is 2.27. The normalized spacial score (nSPS) is 16.6. The Labute approximate surface area is 174 Å². The standard InChI is InChI=1S/C24H29NO3S/c1-18(2)21-7-4-20(5-8-21)6-13-24(26)22-9-11-23(12-10-22)29(27,28)25-16-14-19(3)15-17-25/h4-13,18-19H,14-17H2,1-3H3/b13-6+. The number of benzene rings is 2. The van der Waals surface area contributed by atoms with Crippen molar-refractivity contribution in [3.05, 3.63) is 71.3 Å². The topological polar surface area (TPSA) is 54.5 Å². The molecule has 2 aromatic rings.